The van der Waals surface area contributed by atoms with Gasteiger partial charge in [0.25, 0.3) is 5.91 Å². The monoisotopic (exact) mass is 550 g/mol. The number of piperazine rings is 1. The molecule has 1 aromatic heterocycles. The number of aliphatic imine (C=N–C) groups is 1. The van der Waals surface area contributed by atoms with Crippen LogP contribution in [0.15, 0.2) is 59.3 Å². The molecule has 2 amide bonds. The Kier molecular flexibility index (Phi) is 8.70. The number of amidine groups is 1. The molecule has 0 spiro atoms. The van der Waals surface area contributed by atoms with E-state index in [0.29, 0.717) is 48.4 Å². The van der Waals surface area contributed by atoms with Crippen LogP contribution in [0.5, 0.6) is 0 Å². The van der Waals surface area contributed by atoms with E-state index in [1.165, 1.54) is 6.20 Å². The molecular weight excluding hydrogens is 508 g/mol. The fourth-order valence-electron chi connectivity index (χ4n) is 5.35. The molecule has 0 aromatic carbocycles. The van der Waals surface area contributed by atoms with Gasteiger partial charge in [-0.15, -0.1) is 0 Å². The number of hydrogen-bond donors (Lipinski definition) is 3. The van der Waals surface area contributed by atoms with Crippen molar-refractivity contribution in [2.75, 3.05) is 36.9 Å². The first-order valence-electron chi connectivity index (χ1n) is 13.9. The second-order valence-corrected chi connectivity index (χ2v) is 11.4. The minimum atomic E-state index is -0.521. The first-order chi connectivity index (χ1) is 19.0. The van der Waals surface area contributed by atoms with Crippen molar-refractivity contribution in [3.63, 3.8) is 0 Å². The van der Waals surface area contributed by atoms with Gasteiger partial charge in [-0.25, -0.2) is 14.8 Å². The Hall–Kier alpha value is -4.02. The van der Waals surface area contributed by atoms with Gasteiger partial charge in [-0.3, -0.25) is 4.79 Å². The Labute approximate surface area is 236 Å². The van der Waals surface area contributed by atoms with Gasteiger partial charge in [0.2, 0.25) is 0 Å². The molecule has 1 atom stereocenters. The molecule has 40 heavy (non-hydrogen) atoms. The molecular formula is C29H42N8O3. The highest BCUT2D eigenvalue weighted by molar-refractivity contribution is 6.12. The van der Waals surface area contributed by atoms with Crippen molar-refractivity contribution in [3.8, 4) is 0 Å². The van der Waals surface area contributed by atoms with Crippen LogP contribution in [-0.4, -0.2) is 77.0 Å². The standard InChI is InChI=1S/C29H42N8O3/c1-19-18-35(13-14-36(19)28(39)40-29(3,4)5)23-11-12-25(32-17-23)33-20(2)34-26-21(16-30)15-24(27(38)31-6)37(26)22-9-7-8-10-22/h11-12,15-17,19,22H,2,7-10,13-14,18,30H2,1,3-6H3,(H,31,38)(H,32,33)/b21-16-,34-26+/t19-/m1/s1. The quantitative estimate of drug-likeness (QED) is 0.491. The predicted molar refractivity (Wildman–Crippen MR) is 158 cm³/mol. The summed E-state index contributed by atoms with van der Waals surface area (Å²) in [5, 5.41) is 5.89. The lowest BCUT2D eigenvalue weighted by atomic mass is 10.1. The van der Waals surface area contributed by atoms with Crippen molar-refractivity contribution in [1.29, 1.82) is 0 Å². The molecule has 4 N–H and O–H groups in total. The average molecular weight is 551 g/mol. The Morgan fingerprint density at radius 3 is 2.52 bits per heavy atom. The van der Waals surface area contributed by atoms with Gasteiger partial charge in [-0.1, -0.05) is 19.4 Å². The van der Waals surface area contributed by atoms with E-state index in [-0.39, 0.29) is 24.1 Å². The number of anilines is 2. The molecule has 1 saturated carbocycles. The van der Waals surface area contributed by atoms with Crippen molar-refractivity contribution in [2.24, 2.45) is 10.7 Å². The lowest BCUT2D eigenvalue weighted by Crippen LogP contribution is -2.55. The van der Waals surface area contributed by atoms with Crippen LogP contribution >= 0.6 is 0 Å². The first kappa shape index (κ1) is 29.0. The maximum Gasteiger partial charge on any atom is 0.410 e. The van der Waals surface area contributed by atoms with Gasteiger partial charge in [-0.05, 0) is 58.7 Å². The van der Waals surface area contributed by atoms with E-state index in [1.807, 2.05) is 44.7 Å². The van der Waals surface area contributed by atoms with Crippen molar-refractivity contribution >= 4 is 29.3 Å². The molecule has 11 heteroatoms. The lowest BCUT2D eigenvalue weighted by Gasteiger charge is -2.41. The number of carbonyl (C=O) groups is 2. The number of nitrogens with two attached hydrogens (primary N) is 1. The third kappa shape index (κ3) is 6.57. The van der Waals surface area contributed by atoms with Crippen molar-refractivity contribution < 1.29 is 14.3 Å². The zero-order valence-corrected chi connectivity index (χ0v) is 24.2. The maximum absolute atomic E-state index is 12.6. The normalized spacial score (nSPS) is 22.1. The SMILES string of the molecule is C=C(/N=C1\C(=C/N)C=C(C(=O)NC)N1C1CCCC1)Nc1ccc(N2CCN(C(=O)OC(C)(C)C)[C@H](C)C2)cn1. The molecule has 216 valence electrons. The second-order valence-electron chi connectivity index (χ2n) is 11.4. The van der Waals surface area contributed by atoms with E-state index in [4.69, 9.17) is 15.5 Å². The summed E-state index contributed by atoms with van der Waals surface area (Å²) in [5.74, 6) is 1.43. The average Bonchev–Trinajstić information content (AvgIpc) is 3.55. The molecule has 1 aromatic rings. The van der Waals surface area contributed by atoms with Crippen molar-refractivity contribution in [1.82, 2.24) is 20.1 Å². The van der Waals surface area contributed by atoms with Crippen LogP contribution in [-0.2, 0) is 9.53 Å². The van der Waals surface area contributed by atoms with Crippen LogP contribution in [0, 0.1) is 0 Å². The molecule has 3 aliphatic rings. The highest BCUT2D eigenvalue weighted by Gasteiger charge is 2.37. The number of rotatable bonds is 6. The molecule has 2 fully saturated rings. The predicted octanol–water partition coefficient (Wildman–Crippen LogP) is 3.54. The minimum absolute atomic E-state index is 0.00400. The van der Waals surface area contributed by atoms with Gasteiger partial charge in [0.1, 0.15) is 28.8 Å². The zero-order valence-electron chi connectivity index (χ0n) is 24.2. The molecule has 0 bridgehead atoms. The van der Waals surface area contributed by atoms with E-state index in [1.54, 1.807) is 24.2 Å². The summed E-state index contributed by atoms with van der Waals surface area (Å²) >= 11 is 0. The maximum atomic E-state index is 12.6. The number of likely N-dealkylation sites (N-methyl/N-ethyl adjacent to an activating group) is 1. The summed E-state index contributed by atoms with van der Waals surface area (Å²) in [6.45, 7) is 13.7. The fraction of sp³-hybridized carbons (Fsp3) is 0.517. The third-order valence-electron chi connectivity index (χ3n) is 7.25. The van der Waals surface area contributed by atoms with Gasteiger partial charge in [0.05, 0.1) is 11.9 Å². The fourth-order valence-corrected chi connectivity index (χ4v) is 5.35. The van der Waals surface area contributed by atoms with Gasteiger partial charge in [-0.2, -0.15) is 0 Å². The molecule has 1 aliphatic carbocycles. The van der Waals surface area contributed by atoms with Crippen LogP contribution in [0.4, 0.5) is 16.3 Å². The topological polar surface area (TPSA) is 128 Å². The Morgan fingerprint density at radius 2 is 1.95 bits per heavy atom. The van der Waals surface area contributed by atoms with E-state index in [9.17, 15) is 9.59 Å². The lowest BCUT2D eigenvalue weighted by molar-refractivity contribution is -0.118. The molecule has 2 aliphatic heterocycles. The van der Waals surface area contributed by atoms with Gasteiger partial charge >= 0.3 is 6.09 Å². The number of carbonyl (C=O) groups excluding carboxylic acids is 2. The van der Waals surface area contributed by atoms with Crippen LogP contribution in [0.25, 0.3) is 0 Å². The number of pyridine rings is 1. The molecule has 1 saturated heterocycles. The van der Waals surface area contributed by atoms with Crippen molar-refractivity contribution in [2.45, 2.75) is 71.1 Å². The van der Waals surface area contributed by atoms with E-state index < -0.39 is 5.60 Å². The molecule has 0 radical (unpaired) electrons. The largest absolute Gasteiger partial charge is 0.444 e. The number of amides is 2. The summed E-state index contributed by atoms with van der Waals surface area (Å²) < 4.78 is 5.55. The first-order valence-corrected chi connectivity index (χ1v) is 13.9. The summed E-state index contributed by atoms with van der Waals surface area (Å²) in [7, 11) is 1.62. The Balaban J connectivity index is 1.42. The highest BCUT2D eigenvalue weighted by atomic mass is 16.6. The van der Waals surface area contributed by atoms with E-state index in [2.05, 4.69) is 27.1 Å². The van der Waals surface area contributed by atoms with E-state index >= 15 is 0 Å². The zero-order chi connectivity index (χ0) is 29.0. The summed E-state index contributed by atoms with van der Waals surface area (Å²) in [6.07, 6.45) is 8.97. The molecule has 11 nitrogen and oxygen atoms in total. The summed E-state index contributed by atoms with van der Waals surface area (Å²) in [5.41, 5.74) is 7.59. The Morgan fingerprint density at radius 1 is 1.23 bits per heavy atom. The molecule has 0 unspecified atom stereocenters. The number of nitrogens with zero attached hydrogens (tertiary/aromatic N) is 5. The minimum Gasteiger partial charge on any atom is -0.444 e. The van der Waals surface area contributed by atoms with Gasteiger partial charge < -0.3 is 35.8 Å². The van der Waals surface area contributed by atoms with Crippen molar-refractivity contribution in [3.05, 3.63) is 54.3 Å². The molecule has 3 heterocycles. The summed E-state index contributed by atoms with van der Waals surface area (Å²) in [6, 6.07) is 4.05. The third-order valence-corrected chi connectivity index (χ3v) is 7.25. The smallest absolute Gasteiger partial charge is 0.410 e. The number of ether oxygens (including phenoxy) is 1. The second kappa shape index (κ2) is 12.0. The van der Waals surface area contributed by atoms with Crippen LogP contribution < -0.4 is 21.3 Å². The molecule has 4 rings (SSSR count). The van der Waals surface area contributed by atoms with E-state index in [0.717, 1.165) is 31.4 Å². The van der Waals surface area contributed by atoms with Gasteiger partial charge in [0, 0.05) is 50.5 Å². The van der Waals surface area contributed by atoms with Gasteiger partial charge in [0.15, 0.2) is 0 Å². The van der Waals surface area contributed by atoms with Crippen LogP contribution in [0.2, 0.25) is 0 Å². The number of hydrogen-bond acceptors (Lipinski definition) is 8. The van der Waals surface area contributed by atoms with Crippen LogP contribution in [0.1, 0.15) is 53.4 Å². The number of aromatic nitrogens is 1. The van der Waals surface area contributed by atoms with Crippen LogP contribution in [0.3, 0.4) is 0 Å². The Bertz CT molecular complexity index is 1210. The number of nitrogens with one attached hydrogen (secondary N) is 2. The highest BCUT2D eigenvalue weighted by Crippen LogP contribution is 2.33. The summed E-state index contributed by atoms with van der Waals surface area (Å²) in [4.78, 5) is 40.5.